The number of benzene rings is 3. The Labute approximate surface area is 454 Å². The maximum atomic E-state index is 13.4. The molecule has 5 fully saturated rings. The molecule has 3 aromatic carbocycles. The molecule has 3 saturated carbocycles. The van der Waals surface area contributed by atoms with Crippen LogP contribution >= 0.6 is 21.6 Å². The molecular weight excluding hydrogens is 993 g/mol. The summed E-state index contributed by atoms with van der Waals surface area (Å²) < 4.78 is 27.6. The molecule has 10 aliphatic rings. The number of carbonyl (C=O) groups is 2. The molecule has 4 aliphatic carbocycles. The van der Waals surface area contributed by atoms with Crippen molar-refractivity contribution in [3.8, 4) is 51.7 Å². The third kappa shape index (κ3) is 8.92. The van der Waals surface area contributed by atoms with Crippen molar-refractivity contribution in [2.45, 2.75) is 170 Å². The molecule has 12 atom stereocenters. The Kier molecular flexibility index (Phi) is 13.5. The fourth-order valence-corrected chi connectivity index (χ4v) is 18.3. The van der Waals surface area contributed by atoms with Gasteiger partial charge in [-0.2, -0.15) is 0 Å². The number of esters is 1. The van der Waals surface area contributed by atoms with Gasteiger partial charge >= 0.3 is 5.97 Å². The van der Waals surface area contributed by atoms with Crippen LogP contribution in [0.15, 0.2) is 53.3 Å². The number of aromatic hydroxyl groups is 2. The summed E-state index contributed by atoms with van der Waals surface area (Å²) in [4.78, 5) is 25.9. The number of nitrogens with one attached hydrogen (secondary N) is 3. The monoisotopic (exact) mass is 1060 g/mol. The number of nitrogens with two attached hydrogens (primary N) is 1. The van der Waals surface area contributed by atoms with E-state index < -0.39 is 12.0 Å². The molecule has 6 aliphatic heterocycles. The molecule has 13 rings (SSSR count). The molecular formula is C62H72N4O8S2. The van der Waals surface area contributed by atoms with E-state index in [0.717, 1.165) is 142 Å². The summed E-state index contributed by atoms with van der Waals surface area (Å²) in [7, 11) is 5.47. The van der Waals surface area contributed by atoms with E-state index in [-0.39, 0.29) is 72.2 Å². The second-order valence-corrected chi connectivity index (χ2v) is 26.3. The Morgan fingerprint density at radius 1 is 1.00 bits per heavy atom. The van der Waals surface area contributed by atoms with Gasteiger partial charge in [0.1, 0.15) is 41.8 Å². The molecule has 7 N–H and O–H groups in total. The number of phenols is 2. The maximum absolute atomic E-state index is 13.4. The van der Waals surface area contributed by atoms with Gasteiger partial charge in [-0.15, -0.1) is 0 Å². The standard InChI is InChI=1S/C62H72N4O8S2/c1-4-35-23-37-21-33-19-20-62(27-33)28-38-25-41(69)26-51(71-3)53(38)44-14-13-42-46(29-72-32(2)67)58(74-59(42)56(44)62)54-43(9-6-10-47(37)66-61(35)63)55(50-16-11-36-24-40(68)12-17-48(36)65-50)57(70)60-45(54)15-18-49-52(73-60)31-76-75-30-34-7-5-8-39(22-34)64-49/h13-15,18,23,25-26,33-34,36,39,46,48-50,52,58,61,64-66,69-70H,4-5,7-9,11-12,16-17,19-22,24,27-31,63H2,1-3H3/t33-,34-,36+,39+,46+,48-,49+,50-,52-,58+,61?,62-/m1/s1. The smallest absolute Gasteiger partial charge is 0.302 e. The summed E-state index contributed by atoms with van der Waals surface area (Å²) in [5.41, 5.74) is 18.1. The molecule has 0 aromatic heterocycles. The van der Waals surface area contributed by atoms with Crippen LogP contribution in [0.25, 0.3) is 17.2 Å². The molecule has 0 amide bonds. The minimum absolute atomic E-state index is 0.0724. The number of allylic oxidation sites excluding steroid dienone is 3. The number of rotatable bonds is 5. The molecule has 3 aromatic rings. The number of phenolic OH excluding ortho intramolecular Hbond substituents is 2. The first-order valence-corrected chi connectivity index (χ1v) is 30.8. The van der Waals surface area contributed by atoms with Gasteiger partial charge in [0, 0.05) is 101 Å². The third-order valence-corrected chi connectivity index (χ3v) is 21.7. The van der Waals surface area contributed by atoms with Crippen LogP contribution in [0.1, 0.15) is 161 Å². The number of hydrogen-bond acceptors (Lipinski definition) is 14. The predicted molar refractivity (Wildman–Crippen MR) is 299 cm³/mol. The predicted octanol–water partition coefficient (Wildman–Crippen LogP) is 10.4. The molecule has 6 bridgehead atoms. The zero-order valence-corrected chi connectivity index (χ0v) is 45.7. The maximum Gasteiger partial charge on any atom is 0.302 e. The van der Waals surface area contributed by atoms with Crippen molar-refractivity contribution in [1.29, 1.82) is 0 Å². The molecule has 14 heteroatoms. The van der Waals surface area contributed by atoms with Gasteiger partial charge in [-0.05, 0) is 135 Å². The number of carbonyl (C=O) groups excluding carboxylic acids is 2. The molecule has 1 unspecified atom stereocenters. The quantitative estimate of drug-likeness (QED) is 0.0809. The summed E-state index contributed by atoms with van der Waals surface area (Å²) in [6.45, 7) is 3.70. The Morgan fingerprint density at radius 2 is 1.88 bits per heavy atom. The normalized spacial score (nSPS) is 32.9. The average molecular weight is 1070 g/mol. The van der Waals surface area contributed by atoms with Crippen molar-refractivity contribution in [1.82, 2.24) is 16.0 Å². The van der Waals surface area contributed by atoms with E-state index in [4.69, 9.17) is 24.7 Å². The van der Waals surface area contributed by atoms with Crippen molar-refractivity contribution in [3.05, 3.63) is 92.2 Å². The van der Waals surface area contributed by atoms with Gasteiger partial charge in [0.25, 0.3) is 0 Å². The van der Waals surface area contributed by atoms with Crippen LogP contribution in [0, 0.1) is 29.6 Å². The number of piperidine rings is 1. The Morgan fingerprint density at radius 3 is 2.74 bits per heavy atom. The lowest BCUT2D eigenvalue weighted by molar-refractivity contribution is -0.142. The van der Waals surface area contributed by atoms with Gasteiger partial charge in [0.2, 0.25) is 0 Å². The zero-order valence-electron chi connectivity index (χ0n) is 44.1. The number of methoxy groups -OCH3 is 1. The Hall–Kier alpha value is -5.04. The van der Waals surface area contributed by atoms with Gasteiger partial charge in [0.15, 0.2) is 11.5 Å². The van der Waals surface area contributed by atoms with E-state index in [1.807, 2.05) is 27.7 Å². The van der Waals surface area contributed by atoms with Crippen molar-refractivity contribution in [3.63, 3.8) is 0 Å². The summed E-state index contributed by atoms with van der Waals surface area (Å²) in [6, 6.07) is 8.08. The highest BCUT2D eigenvalue weighted by Crippen LogP contribution is 2.64. The first-order valence-electron chi connectivity index (χ1n) is 28.3. The summed E-state index contributed by atoms with van der Waals surface area (Å²) >= 11 is 0. The first kappa shape index (κ1) is 50.5. The van der Waals surface area contributed by atoms with Crippen molar-refractivity contribution < 1.29 is 38.7 Å². The SMILES string of the molecule is CCC1=CC2=C(C#CCc3c(c4c(c(O)c3[C@H]3CC[C@H]5CC(=O)CC[C@H]5N3)O[C@@H]3CSSC[C@@H]5CCC[C@@H](C5)N[C@H]3C=C4)[C@H]3Oc4c(ccc5c4[C@@]4(CC[C@H](C2)C4)Cc2cc(O)cc(OC)c2-5)[C@@H]3COC(C)=O)NC1N. The second-order valence-electron chi connectivity index (χ2n) is 23.7. The van der Waals surface area contributed by atoms with Crippen LogP contribution in [-0.4, -0.2) is 77.6 Å². The molecule has 2 saturated heterocycles. The molecule has 400 valence electrons. The van der Waals surface area contributed by atoms with E-state index >= 15 is 0 Å². The summed E-state index contributed by atoms with van der Waals surface area (Å²) in [6.07, 6.45) is 18.9. The van der Waals surface area contributed by atoms with Crippen molar-refractivity contribution >= 4 is 39.4 Å². The summed E-state index contributed by atoms with van der Waals surface area (Å²) in [5.74, 6) is 12.1. The zero-order chi connectivity index (χ0) is 52.0. The lowest BCUT2D eigenvalue weighted by Crippen LogP contribution is -2.49. The van der Waals surface area contributed by atoms with Gasteiger partial charge in [-0.3, -0.25) is 9.59 Å². The number of Topliss-reactive ketones (excluding diaryl/α,β-unsaturated/α-hetero) is 1. The highest BCUT2D eigenvalue weighted by molar-refractivity contribution is 8.76. The molecule has 0 radical (unpaired) electrons. The van der Waals surface area contributed by atoms with Gasteiger partial charge in [-0.1, -0.05) is 71.2 Å². The largest absolute Gasteiger partial charge is 0.508 e. The topological polar surface area (TPSA) is 174 Å². The van der Waals surface area contributed by atoms with Crippen LogP contribution in [0.5, 0.6) is 28.7 Å². The van der Waals surface area contributed by atoms with Gasteiger partial charge in [-0.25, -0.2) is 0 Å². The average Bonchev–Trinajstić information content (AvgIpc) is 4.08. The Balaban J connectivity index is 1.07. The molecule has 6 heterocycles. The highest BCUT2D eigenvalue weighted by Gasteiger charge is 2.52. The third-order valence-electron chi connectivity index (χ3n) is 19.2. The molecule has 1 spiro atoms. The number of fused-ring (bicyclic) bond motifs is 12. The van der Waals surface area contributed by atoms with E-state index in [9.17, 15) is 19.8 Å². The fourth-order valence-electron chi connectivity index (χ4n) is 15.7. The molecule has 12 nitrogen and oxygen atoms in total. The molecule has 76 heavy (non-hydrogen) atoms. The first-order chi connectivity index (χ1) is 36.9. The van der Waals surface area contributed by atoms with Gasteiger partial charge in [0.05, 0.1) is 30.9 Å². The van der Waals surface area contributed by atoms with Gasteiger partial charge < -0.3 is 50.8 Å². The van der Waals surface area contributed by atoms with Crippen molar-refractivity contribution in [2.24, 2.45) is 23.5 Å². The fraction of sp³-hybridized carbons (Fsp3) is 0.548. The second kappa shape index (κ2) is 20.3. The Bertz CT molecular complexity index is 3050. The lowest BCUT2D eigenvalue weighted by atomic mass is 9.65. The van der Waals surface area contributed by atoms with E-state index in [1.54, 1.807) is 13.2 Å². The van der Waals surface area contributed by atoms with Crippen LogP contribution < -0.4 is 35.9 Å². The van der Waals surface area contributed by atoms with Crippen LogP contribution in [0.4, 0.5) is 0 Å². The van der Waals surface area contributed by atoms with Crippen LogP contribution in [-0.2, 0) is 32.6 Å². The van der Waals surface area contributed by atoms with E-state index in [1.165, 1.54) is 19.8 Å². The summed E-state index contributed by atoms with van der Waals surface area (Å²) in [5, 5.41) is 36.4. The number of dihydropyridines is 1. The van der Waals surface area contributed by atoms with Crippen LogP contribution in [0.3, 0.4) is 0 Å². The minimum atomic E-state index is -0.690. The van der Waals surface area contributed by atoms with Crippen molar-refractivity contribution in [2.75, 3.05) is 25.2 Å². The minimum Gasteiger partial charge on any atom is -0.508 e. The van der Waals surface area contributed by atoms with Crippen LogP contribution in [0.2, 0.25) is 0 Å². The lowest BCUT2D eigenvalue weighted by Gasteiger charge is -2.41. The van der Waals surface area contributed by atoms with E-state index in [0.29, 0.717) is 60.8 Å². The van der Waals surface area contributed by atoms with E-state index in [2.05, 4.69) is 65.1 Å². The number of ketones is 1. The number of hydrogen-bond donors (Lipinski definition) is 6. The number of ether oxygens (including phenoxy) is 4. The highest BCUT2D eigenvalue weighted by atomic mass is 33.1.